The lowest BCUT2D eigenvalue weighted by molar-refractivity contribution is -0.140. The normalized spacial score (nSPS) is 25.3. The molecule has 0 bridgehead atoms. The van der Waals surface area contributed by atoms with Crippen LogP contribution in [-0.2, 0) is 16.4 Å². The summed E-state index contributed by atoms with van der Waals surface area (Å²) in [5.41, 5.74) is 5.96. The number of thioether (sulfide) groups is 2. The van der Waals surface area contributed by atoms with Gasteiger partial charge in [0.2, 0.25) is 11.1 Å². The molecule has 120 valence electrons. The van der Waals surface area contributed by atoms with E-state index in [-0.39, 0.29) is 11.2 Å². The van der Waals surface area contributed by atoms with Crippen LogP contribution in [0.5, 0.6) is 0 Å². The number of aryl methyl sites for hydroxylation is 1. The van der Waals surface area contributed by atoms with E-state index in [1.165, 1.54) is 28.2 Å². The summed E-state index contributed by atoms with van der Waals surface area (Å²) in [7, 11) is -2.91. The first-order chi connectivity index (χ1) is 10.3. The van der Waals surface area contributed by atoms with Crippen molar-refractivity contribution in [2.75, 3.05) is 11.5 Å². The Balaban J connectivity index is 1.89. The first kappa shape index (κ1) is 16.0. The molecule has 1 saturated heterocycles. The fourth-order valence-electron chi connectivity index (χ4n) is 2.26. The molecule has 13 heteroatoms. The molecule has 22 heavy (non-hydrogen) atoms. The summed E-state index contributed by atoms with van der Waals surface area (Å²) in [4.78, 5) is 32.2. The Bertz CT molecular complexity index is 702. The summed E-state index contributed by atoms with van der Waals surface area (Å²) < 4.78 is 13.3. The number of carbonyl (C=O) groups excluding carboxylic acids is 1. The summed E-state index contributed by atoms with van der Waals surface area (Å²) >= 11 is 2.65. The second-order valence-electron chi connectivity index (χ2n) is 4.78. The number of rotatable bonds is 4. The Morgan fingerprint density at radius 2 is 2.27 bits per heavy atom. The lowest BCUT2D eigenvalue weighted by atomic mass is 10.1. The average Bonchev–Trinajstić information content (AvgIpc) is 2.87. The van der Waals surface area contributed by atoms with Crippen molar-refractivity contribution >= 4 is 37.0 Å². The minimum Gasteiger partial charge on any atom is -0.320 e. The van der Waals surface area contributed by atoms with Gasteiger partial charge in [-0.15, -0.1) is 16.9 Å². The molecule has 1 fully saturated rings. The van der Waals surface area contributed by atoms with Crippen LogP contribution in [0, 0.1) is 0 Å². The van der Waals surface area contributed by atoms with Crippen LogP contribution >= 0.6 is 31.1 Å². The predicted octanol–water partition coefficient (Wildman–Crippen LogP) is -1.07. The van der Waals surface area contributed by atoms with Gasteiger partial charge in [-0.05, 0) is 16.0 Å². The van der Waals surface area contributed by atoms with Crippen LogP contribution in [-0.4, -0.2) is 63.7 Å². The van der Waals surface area contributed by atoms with E-state index in [9.17, 15) is 19.1 Å². The number of nitrogens with zero attached hydrogens (tertiary/aromatic N) is 5. The topological polar surface area (TPSA) is 147 Å². The second kappa shape index (κ2) is 5.62. The molecule has 3 heterocycles. The lowest BCUT2D eigenvalue weighted by Crippen LogP contribution is -2.67. The van der Waals surface area contributed by atoms with E-state index < -0.39 is 24.9 Å². The van der Waals surface area contributed by atoms with Crippen LogP contribution in [0.15, 0.2) is 16.2 Å². The third-order valence-electron chi connectivity index (χ3n) is 3.29. The molecular weight excluding hydrogens is 351 g/mol. The Morgan fingerprint density at radius 3 is 2.86 bits per heavy atom. The molecule has 4 N–H and O–H groups in total. The third kappa shape index (κ3) is 2.59. The van der Waals surface area contributed by atoms with Gasteiger partial charge in [0.15, 0.2) is 0 Å². The van der Waals surface area contributed by atoms with Crippen LogP contribution in [0.4, 0.5) is 0 Å². The number of tetrazole rings is 1. The van der Waals surface area contributed by atoms with Crippen molar-refractivity contribution in [3.05, 3.63) is 11.0 Å². The predicted molar refractivity (Wildman–Crippen MR) is 79.7 cm³/mol. The quantitative estimate of drug-likeness (QED) is 0.343. The van der Waals surface area contributed by atoms with E-state index >= 15 is 0 Å². The molecule has 0 aliphatic carbocycles. The molecule has 0 aromatic carbocycles. The zero-order valence-corrected chi connectivity index (χ0v) is 13.9. The summed E-state index contributed by atoms with van der Waals surface area (Å²) in [5.74, 6) is 0.229. The van der Waals surface area contributed by atoms with E-state index in [1.807, 2.05) is 0 Å². The second-order valence-corrected chi connectivity index (χ2v) is 8.34. The maximum absolute atomic E-state index is 11.9. The average molecular weight is 364 g/mol. The summed E-state index contributed by atoms with van der Waals surface area (Å²) in [6, 6.07) is -0.705. The van der Waals surface area contributed by atoms with Crippen molar-refractivity contribution < 1.29 is 19.1 Å². The highest BCUT2D eigenvalue weighted by Gasteiger charge is 2.53. The number of carbonyl (C=O) groups is 1. The first-order valence-corrected chi connectivity index (χ1v) is 9.79. The molecule has 0 unspecified atom stereocenters. The van der Waals surface area contributed by atoms with Crippen molar-refractivity contribution in [3.8, 4) is 0 Å². The monoisotopic (exact) mass is 364 g/mol. The van der Waals surface area contributed by atoms with Crippen molar-refractivity contribution in [1.29, 1.82) is 0 Å². The largest absolute Gasteiger partial charge is 0.372 e. The fraction of sp³-hybridized carbons (Fsp3) is 0.556. The highest BCUT2D eigenvalue weighted by Crippen LogP contribution is 2.55. The van der Waals surface area contributed by atoms with Crippen molar-refractivity contribution in [2.24, 2.45) is 12.8 Å². The molecule has 1 amide bonds. The highest BCUT2D eigenvalue weighted by molar-refractivity contribution is 8.01. The molecule has 10 nitrogen and oxygen atoms in total. The molecule has 0 saturated carbocycles. The Kier molecular flexibility index (Phi) is 4.08. The van der Waals surface area contributed by atoms with E-state index in [1.54, 1.807) is 7.05 Å². The van der Waals surface area contributed by atoms with Gasteiger partial charge in [-0.2, -0.15) is 0 Å². The Hall–Kier alpha value is -0.910. The number of aromatic nitrogens is 4. The third-order valence-corrected chi connectivity index (χ3v) is 6.83. The zero-order valence-electron chi connectivity index (χ0n) is 11.4. The van der Waals surface area contributed by atoms with Gasteiger partial charge >= 0.3 is 7.60 Å². The molecule has 0 spiro atoms. The number of hydrogen-bond donors (Lipinski definition) is 3. The molecule has 0 radical (unpaired) electrons. The number of fused-ring (bicyclic) bond motifs is 1. The molecule has 1 aromatic heterocycles. The van der Waals surface area contributed by atoms with E-state index in [4.69, 9.17) is 5.73 Å². The summed E-state index contributed by atoms with van der Waals surface area (Å²) in [5, 5.41) is 11.1. The zero-order chi connectivity index (χ0) is 16.1. The van der Waals surface area contributed by atoms with Gasteiger partial charge in [0.25, 0.3) is 0 Å². The SMILES string of the molecule is Cn1nnnc1SCC1=C(P(=O)(O)O)N2C(=O)[C@@H](N)[C@H]2SC1. The van der Waals surface area contributed by atoms with Crippen molar-refractivity contribution in [3.63, 3.8) is 0 Å². The van der Waals surface area contributed by atoms with Crippen LogP contribution in [0.1, 0.15) is 0 Å². The smallest absolute Gasteiger partial charge is 0.320 e. The van der Waals surface area contributed by atoms with Gasteiger partial charge in [-0.25, -0.2) is 4.68 Å². The van der Waals surface area contributed by atoms with Gasteiger partial charge in [-0.1, -0.05) is 11.8 Å². The number of nitrogens with two attached hydrogens (primary N) is 1. The summed E-state index contributed by atoms with van der Waals surface area (Å²) in [6.45, 7) is 0. The first-order valence-electron chi connectivity index (χ1n) is 6.14. The summed E-state index contributed by atoms with van der Waals surface area (Å²) in [6.07, 6.45) is 0. The Morgan fingerprint density at radius 1 is 1.55 bits per heavy atom. The molecule has 3 rings (SSSR count). The number of β-lactam (4-membered cyclic amide) rings is 1. The van der Waals surface area contributed by atoms with E-state index in [2.05, 4.69) is 15.5 Å². The van der Waals surface area contributed by atoms with Gasteiger partial charge in [0.1, 0.15) is 16.9 Å². The minimum atomic E-state index is -4.58. The van der Waals surface area contributed by atoms with Gasteiger partial charge in [0, 0.05) is 18.6 Å². The number of hydrogen-bond acceptors (Lipinski definition) is 8. The molecule has 2 aliphatic heterocycles. The van der Waals surface area contributed by atoms with Crippen LogP contribution in [0.25, 0.3) is 0 Å². The lowest BCUT2D eigenvalue weighted by Gasteiger charge is -2.49. The maximum Gasteiger partial charge on any atom is 0.372 e. The van der Waals surface area contributed by atoms with Crippen molar-refractivity contribution in [2.45, 2.75) is 16.6 Å². The van der Waals surface area contributed by atoms with Crippen LogP contribution in [0.2, 0.25) is 0 Å². The number of amides is 1. The molecule has 1 aromatic rings. The fourth-order valence-corrected chi connectivity index (χ4v) is 5.91. The van der Waals surface area contributed by atoms with Gasteiger partial charge in [-0.3, -0.25) is 14.3 Å². The standard InChI is InChI=1S/C9H13N6O4PS2/c1-14-9(11-12-13-14)22-3-4-2-21-8-5(10)6(16)15(8)7(4)20(17,18)19/h5,8H,2-3,10H2,1H3,(H2,17,18,19)/t5-,8-/m1/s1. The van der Waals surface area contributed by atoms with Crippen LogP contribution < -0.4 is 5.73 Å². The molecule has 2 aliphatic rings. The van der Waals surface area contributed by atoms with Gasteiger partial charge in [0.05, 0.1) is 0 Å². The maximum atomic E-state index is 11.9. The van der Waals surface area contributed by atoms with Crippen LogP contribution in [0.3, 0.4) is 0 Å². The van der Waals surface area contributed by atoms with Crippen molar-refractivity contribution in [1.82, 2.24) is 25.1 Å². The molecule has 2 atom stereocenters. The van der Waals surface area contributed by atoms with Gasteiger partial charge < -0.3 is 15.5 Å². The minimum absolute atomic E-state index is 0.217. The highest BCUT2D eigenvalue weighted by atomic mass is 32.2. The Labute approximate surface area is 133 Å². The molecular formula is C9H13N6O4PS2. The van der Waals surface area contributed by atoms with E-state index in [0.717, 1.165) is 4.90 Å². The van der Waals surface area contributed by atoms with E-state index in [0.29, 0.717) is 16.5 Å².